The third kappa shape index (κ3) is 3.51. The maximum atomic E-state index is 13.1. The lowest BCUT2D eigenvalue weighted by molar-refractivity contribution is -0.250. The lowest BCUT2D eigenvalue weighted by atomic mass is 9.32. The Hall–Kier alpha value is -1.18. The Bertz CT molecular complexity index is 1040. The number of hydrogen-bond donors (Lipinski definition) is 3. The van der Waals surface area contributed by atoms with Crippen LogP contribution < -0.4 is 0 Å². The summed E-state index contributed by atoms with van der Waals surface area (Å²) in [7, 11) is 0. The van der Waals surface area contributed by atoms with Crippen molar-refractivity contribution < 1.29 is 34.4 Å². The van der Waals surface area contributed by atoms with Crippen LogP contribution in [0.4, 0.5) is 0 Å². The molecule has 0 aromatic rings. The minimum absolute atomic E-state index is 0.00278. The first-order chi connectivity index (χ1) is 18.2. The summed E-state index contributed by atoms with van der Waals surface area (Å²) in [6.45, 7) is 12.0. The van der Waals surface area contributed by atoms with E-state index in [0.29, 0.717) is 31.3 Å². The topological polar surface area (TPSA) is 117 Å². The quantitative estimate of drug-likeness (QED) is 0.334. The molecule has 0 aromatic carbocycles. The average Bonchev–Trinajstić information content (AvgIpc) is 3.56. The van der Waals surface area contributed by atoms with Crippen molar-refractivity contribution in [1.82, 2.24) is 0 Å². The molecule has 0 aromatic heterocycles. The molecule has 220 valence electrons. The van der Waals surface area contributed by atoms with Crippen LogP contribution in [0.3, 0.4) is 0 Å². The predicted molar refractivity (Wildman–Crippen MR) is 145 cm³/mol. The van der Waals surface area contributed by atoms with Gasteiger partial charge in [0.05, 0.1) is 18.1 Å². The second-order valence-corrected chi connectivity index (χ2v) is 15.8. The number of aliphatic hydroxyl groups is 2. The van der Waals surface area contributed by atoms with E-state index in [0.717, 1.165) is 51.4 Å². The number of ether oxygens (including phenoxy) is 2. The summed E-state index contributed by atoms with van der Waals surface area (Å²) in [5.41, 5.74) is -1.13. The van der Waals surface area contributed by atoms with E-state index >= 15 is 0 Å². The minimum atomic E-state index is -0.740. The van der Waals surface area contributed by atoms with Gasteiger partial charge in [-0.15, -0.1) is 0 Å². The molecule has 1 aliphatic heterocycles. The van der Waals surface area contributed by atoms with Crippen LogP contribution in [-0.4, -0.2) is 58.8 Å². The fourth-order valence-electron chi connectivity index (χ4n) is 12.3. The van der Waals surface area contributed by atoms with E-state index in [4.69, 9.17) is 9.47 Å². The van der Waals surface area contributed by atoms with Crippen molar-refractivity contribution in [2.24, 2.45) is 56.7 Å². The van der Waals surface area contributed by atoms with Crippen molar-refractivity contribution in [3.05, 3.63) is 0 Å². The largest absolute Gasteiger partial charge is 0.481 e. The Labute approximate surface area is 233 Å². The first-order valence-electron chi connectivity index (χ1n) is 15.5. The Balaban J connectivity index is 1.36. The number of carbonyl (C=O) groups is 2. The van der Waals surface area contributed by atoms with Crippen molar-refractivity contribution in [3.63, 3.8) is 0 Å². The number of aliphatic carboxylic acids is 1. The number of epoxide rings is 1. The maximum absolute atomic E-state index is 13.1. The van der Waals surface area contributed by atoms with Crippen molar-refractivity contribution >= 4 is 11.9 Å². The van der Waals surface area contributed by atoms with E-state index in [9.17, 15) is 24.9 Å². The molecular weight excluding hydrogens is 496 g/mol. The van der Waals surface area contributed by atoms with Gasteiger partial charge in [-0.2, -0.15) is 0 Å². The molecule has 1 saturated heterocycles. The van der Waals surface area contributed by atoms with E-state index in [1.807, 2.05) is 0 Å². The van der Waals surface area contributed by atoms with Crippen LogP contribution in [0.1, 0.15) is 98.8 Å². The first kappa shape index (κ1) is 28.0. The van der Waals surface area contributed by atoms with Crippen LogP contribution in [0.5, 0.6) is 0 Å². The van der Waals surface area contributed by atoms with E-state index in [2.05, 4.69) is 34.6 Å². The van der Waals surface area contributed by atoms with Gasteiger partial charge >= 0.3 is 11.9 Å². The number of carbonyl (C=O) groups excluding carboxylic acids is 1. The van der Waals surface area contributed by atoms with E-state index < -0.39 is 29.6 Å². The van der Waals surface area contributed by atoms with Gasteiger partial charge < -0.3 is 24.8 Å². The molecule has 1 heterocycles. The summed E-state index contributed by atoms with van der Waals surface area (Å²) < 4.78 is 11.4. The number of carboxylic acids is 1. The third-order valence-electron chi connectivity index (χ3n) is 14.6. The monoisotopic (exact) mass is 546 g/mol. The van der Waals surface area contributed by atoms with E-state index in [1.165, 1.54) is 0 Å². The summed E-state index contributed by atoms with van der Waals surface area (Å²) in [5, 5.41) is 30.9. The van der Waals surface area contributed by atoms with Crippen LogP contribution in [0.15, 0.2) is 0 Å². The molecule has 39 heavy (non-hydrogen) atoms. The minimum Gasteiger partial charge on any atom is -0.481 e. The van der Waals surface area contributed by atoms with Gasteiger partial charge in [0.2, 0.25) is 0 Å². The van der Waals surface area contributed by atoms with Crippen LogP contribution >= 0.6 is 0 Å². The molecule has 5 aliphatic carbocycles. The second kappa shape index (κ2) is 8.67. The number of rotatable bonds is 5. The Morgan fingerprint density at radius 3 is 2.21 bits per heavy atom. The van der Waals surface area contributed by atoms with Crippen LogP contribution in [0.25, 0.3) is 0 Å². The SMILES string of the molecule is CC1(C)C2CC[C@]3(C)C(CCC4[C@@H]5[C@H](C6(COC(=O)CO)CO6)CC[C@]5(C(=O)O)CC[C@]43C)[C@@]2(C)CC[C@H]1O. The third-order valence-corrected chi connectivity index (χ3v) is 14.6. The summed E-state index contributed by atoms with van der Waals surface area (Å²) in [5.74, 6) is 0.0685. The lowest BCUT2D eigenvalue weighted by Gasteiger charge is -2.72. The summed E-state index contributed by atoms with van der Waals surface area (Å²) in [6.07, 6.45) is 9.19. The lowest BCUT2D eigenvalue weighted by Crippen LogP contribution is -2.67. The molecule has 7 nitrogen and oxygen atoms in total. The zero-order valence-electron chi connectivity index (χ0n) is 24.6. The fraction of sp³-hybridized carbons (Fsp3) is 0.938. The summed E-state index contributed by atoms with van der Waals surface area (Å²) in [6, 6.07) is 0. The van der Waals surface area contributed by atoms with Crippen molar-refractivity contribution in [2.75, 3.05) is 19.8 Å². The number of fused-ring (bicyclic) bond motifs is 7. The summed E-state index contributed by atoms with van der Waals surface area (Å²) in [4.78, 5) is 24.9. The number of esters is 1. The predicted octanol–water partition coefficient (Wildman–Crippen LogP) is 4.82. The van der Waals surface area contributed by atoms with Gasteiger partial charge in [0.15, 0.2) is 0 Å². The molecule has 0 bridgehead atoms. The summed E-state index contributed by atoms with van der Waals surface area (Å²) >= 11 is 0. The molecule has 11 atom stereocenters. The first-order valence-corrected chi connectivity index (χ1v) is 15.5. The van der Waals surface area contributed by atoms with Gasteiger partial charge in [0.25, 0.3) is 0 Å². The van der Waals surface area contributed by atoms with Crippen molar-refractivity contribution in [1.29, 1.82) is 0 Å². The Morgan fingerprint density at radius 2 is 1.56 bits per heavy atom. The van der Waals surface area contributed by atoms with Gasteiger partial charge in [-0.1, -0.05) is 34.6 Å². The zero-order valence-corrected chi connectivity index (χ0v) is 24.6. The highest BCUT2D eigenvalue weighted by Crippen LogP contribution is 2.78. The normalized spacial score (nSPS) is 53.5. The van der Waals surface area contributed by atoms with Gasteiger partial charge in [0.1, 0.15) is 18.8 Å². The van der Waals surface area contributed by atoms with Crippen LogP contribution in [0, 0.1) is 56.7 Å². The highest BCUT2D eigenvalue weighted by molar-refractivity contribution is 5.76. The molecule has 0 radical (unpaired) electrons. The highest BCUT2D eigenvalue weighted by atomic mass is 16.6. The number of aliphatic hydroxyl groups excluding tert-OH is 2. The molecule has 0 amide bonds. The average molecular weight is 547 g/mol. The molecule has 4 unspecified atom stereocenters. The smallest absolute Gasteiger partial charge is 0.331 e. The van der Waals surface area contributed by atoms with Gasteiger partial charge in [0, 0.05) is 0 Å². The van der Waals surface area contributed by atoms with Crippen LogP contribution in [0.2, 0.25) is 0 Å². The fourth-order valence-corrected chi connectivity index (χ4v) is 12.3. The molecule has 6 fully saturated rings. The van der Waals surface area contributed by atoms with Crippen molar-refractivity contribution in [3.8, 4) is 0 Å². The van der Waals surface area contributed by atoms with Gasteiger partial charge in [-0.3, -0.25) is 4.79 Å². The molecular formula is C32H50O7. The molecule has 6 rings (SSSR count). The van der Waals surface area contributed by atoms with Gasteiger partial charge in [-0.05, 0) is 115 Å². The molecule has 7 heteroatoms. The Morgan fingerprint density at radius 1 is 0.846 bits per heavy atom. The van der Waals surface area contributed by atoms with E-state index in [-0.39, 0.29) is 52.1 Å². The molecule has 3 N–H and O–H groups in total. The molecule has 6 aliphatic rings. The molecule has 0 spiro atoms. The zero-order chi connectivity index (χ0) is 28.2. The van der Waals surface area contributed by atoms with Crippen molar-refractivity contribution in [2.45, 2.75) is 111 Å². The number of carboxylic acid groups (broad SMARTS) is 1. The maximum Gasteiger partial charge on any atom is 0.331 e. The number of hydrogen-bond acceptors (Lipinski definition) is 6. The van der Waals surface area contributed by atoms with E-state index in [1.54, 1.807) is 0 Å². The van der Waals surface area contributed by atoms with Gasteiger partial charge in [-0.25, -0.2) is 4.79 Å². The molecule has 5 saturated carbocycles. The van der Waals surface area contributed by atoms with Crippen LogP contribution in [-0.2, 0) is 19.1 Å². The highest BCUT2D eigenvalue weighted by Gasteiger charge is 2.74. The second-order valence-electron chi connectivity index (χ2n) is 15.8. The Kier molecular flexibility index (Phi) is 6.22. The standard InChI is InChI=1S/C32H50O7/c1-27(2)21-9-12-30(5)22(28(21,3)11-10-23(27)34)7-6-19-25-20(32(18-39-32)17-38-24(35)16-33)8-13-31(25,26(36)37)15-14-29(19,30)4/h19-23,25,33-34H,6-18H2,1-5H3,(H,36,37)/t19?,20-,21?,22?,23-,25-,28+,29-,30-,31+,32?/m1/s1.